The van der Waals surface area contributed by atoms with Crippen LogP contribution in [-0.4, -0.2) is 29.9 Å². The van der Waals surface area contributed by atoms with Gasteiger partial charge in [-0.15, -0.1) is 0 Å². The van der Waals surface area contributed by atoms with Gasteiger partial charge in [-0.25, -0.2) is 0 Å². The lowest BCUT2D eigenvalue weighted by atomic mass is 10.1. The van der Waals surface area contributed by atoms with Crippen LogP contribution in [0.25, 0.3) is 0 Å². The van der Waals surface area contributed by atoms with Crippen LogP contribution in [-0.2, 0) is 16.5 Å². The highest BCUT2D eigenvalue weighted by Crippen LogP contribution is 2.11. The Balaban J connectivity index is 2.59. The van der Waals surface area contributed by atoms with Gasteiger partial charge in [-0.2, -0.15) is 8.42 Å². The molecule has 1 aromatic rings. The maximum absolute atomic E-state index is 10.5. The fourth-order valence-corrected chi connectivity index (χ4v) is 1.92. The molecule has 0 amide bonds. The number of hydrogen-bond acceptors (Lipinski definition) is 4. The van der Waals surface area contributed by atoms with E-state index in [0.29, 0.717) is 6.42 Å². The molecule has 1 aromatic carbocycles. The van der Waals surface area contributed by atoms with Crippen molar-refractivity contribution in [1.29, 1.82) is 0 Å². The van der Waals surface area contributed by atoms with Gasteiger partial charge in [0, 0.05) is 6.04 Å². The molecule has 0 radical (unpaired) electrons. The van der Waals surface area contributed by atoms with Crippen LogP contribution in [0.15, 0.2) is 24.3 Å². The number of rotatable bonds is 4. The van der Waals surface area contributed by atoms with Gasteiger partial charge in [0.2, 0.25) is 0 Å². The second-order valence-corrected chi connectivity index (χ2v) is 4.88. The third-order valence-electron chi connectivity index (χ3n) is 1.86. The zero-order valence-electron chi connectivity index (χ0n) is 8.00. The van der Waals surface area contributed by atoms with Gasteiger partial charge in [-0.1, -0.05) is 12.1 Å². The standard InChI is InChI=1S/C9H13NO4S/c10-8(6-15(12,13)14)5-7-1-3-9(11)4-2-7/h1-4,8,11H,5-6,10H2,(H,12,13,14). The molecule has 6 heteroatoms. The van der Waals surface area contributed by atoms with Crippen LogP contribution in [0, 0.1) is 0 Å². The molecule has 84 valence electrons. The molecule has 0 bridgehead atoms. The maximum atomic E-state index is 10.5. The Bertz CT molecular complexity index is 412. The molecule has 1 atom stereocenters. The van der Waals surface area contributed by atoms with Crippen molar-refractivity contribution in [2.75, 3.05) is 5.75 Å². The van der Waals surface area contributed by atoms with Gasteiger partial charge < -0.3 is 10.8 Å². The van der Waals surface area contributed by atoms with Crippen molar-refractivity contribution in [3.8, 4) is 5.75 Å². The van der Waals surface area contributed by atoms with Crippen molar-refractivity contribution in [3.63, 3.8) is 0 Å². The Kier molecular flexibility index (Phi) is 3.67. The Morgan fingerprint density at radius 3 is 2.27 bits per heavy atom. The molecule has 0 aliphatic carbocycles. The quantitative estimate of drug-likeness (QED) is 0.640. The van der Waals surface area contributed by atoms with Crippen LogP contribution < -0.4 is 5.73 Å². The molecule has 0 aromatic heterocycles. The van der Waals surface area contributed by atoms with Gasteiger partial charge in [0.15, 0.2) is 0 Å². The van der Waals surface area contributed by atoms with E-state index in [2.05, 4.69) is 0 Å². The first-order valence-electron chi connectivity index (χ1n) is 4.35. The third-order valence-corrected chi connectivity index (χ3v) is 2.71. The molecule has 0 aliphatic heterocycles. The van der Waals surface area contributed by atoms with Crippen LogP contribution in [0.5, 0.6) is 5.75 Å². The second kappa shape index (κ2) is 4.61. The molecule has 1 unspecified atom stereocenters. The maximum Gasteiger partial charge on any atom is 0.266 e. The van der Waals surface area contributed by atoms with Crippen LogP contribution in [0.3, 0.4) is 0 Å². The summed E-state index contributed by atoms with van der Waals surface area (Å²) in [5.74, 6) is -0.324. The fourth-order valence-electron chi connectivity index (χ4n) is 1.26. The minimum Gasteiger partial charge on any atom is -0.508 e. The Morgan fingerprint density at radius 2 is 1.80 bits per heavy atom. The lowest BCUT2D eigenvalue weighted by Gasteiger charge is -2.09. The third kappa shape index (κ3) is 4.78. The van der Waals surface area contributed by atoms with Crippen LogP contribution in [0.1, 0.15) is 5.56 Å². The zero-order valence-corrected chi connectivity index (χ0v) is 8.81. The van der Waals surface area contributed by atoms with Crippen molar-refractivity contribution >= 4 is 10.1 Å². The summed E-state index contributed by atoms with van der Waals surface area (Å²) in [4.78, 5) is 0. The number of nitrogens with two attached hydrogens (primary N) is 1. The molecular weight excluding hydrogens is 218 g/mol. The highest BCUT2D eigenvalue weighted by Gasteiger charge is 2.13. The van der Waals surface area contributed by atoms with E-state index in [1.165, 1.54) is 12.1 Å². The fraction of sp³-hybridized carbons (Fsp3) is 0.333. The monoisotopic (exact) mass is 231 g/mol. The Labute approximate surface area is 88.3 Å². The first-order valence-corrected chi connectivity index (χ1v) is 5.96. The SMILES string of the molecule is NC(Cc1ccc(O)cc1)CS(=O)(=O)O. The van der Waals surface area contributed by atoms with Gasteiger partial charge >= 0.3 is 0 Å². The van der Waals surface area contributed by atoms with Crippen molar-refractivity contribution in [2.24, 2.45) is 5.73 Å². The molecule has 1 rings (SSSR count). The summed E-state index contributed by atoms with van der Waals surface area (Å²) in [6.07, 6.45) is 0.333. The van der Waals surface area contributed by atoms with E-state index in [-0.39, 0.29) is 5.75 Å². The molecule has 0 heterocycles. The minimum atomic E-state index is -4.03. The lowest BCUT2D eigenvalue weighted by Crippen LogP contribution is -2.31. The number of aromatic hydroxyl groups is 1. The van der Waals surface area contributed by atoms with Gasteiger partial charge in [-0.3, -0.25) is 4.55 Å². The Hall–Kier alpha value is -1.11. The summed E-state index contributed by atoms with van der Waals surface area (Å²) in [5, 5.41) is 9.01. The van der Waals surface area contributed by atoms with Crippen molar-refractivity contribution in [1.82, 2.24) is 0 Å². The molecular formula is C9H13NO4S. The highest BCUT2D eigenvalue weighted by molar-refractivity contribution is 7.85. The van der Waals surface area contributed by atoms with Gasteiger partial charge in [0.25, 0.3) is 10.1 Å². The first-order chi connectivity index (χ1) is 6.87. The molecule has 15 heavy (non-hydrogen) atoms. The number of phenolic OH excluding ortho intramolecular Hbond substituents is 1. The smallest absolute Gasteiger partial charge is 0.266 e. The minimum absolute atomic E-state index is 0.141. The summed E-state index contributed by atoms with van der Waals surface area (Å²) in [5.41, 5.74) is 6.34. The largest absolute Gasteiger partial charge is 0.508 e. The molecule has 0 spiro atoms. The molecule has 0 saturated carbocycles. The van der Waals surface area contributed by atoms with Crippen molar-refractivity contribution in [2.45, 2.75) is 12.5 Å². The van der Waals surface area contributed by atoms with E-state index in [1.54, 1.807) is 12.1 Å². The summed E-state index contributed by atoms with van der Waals surface area (Å²) < 4.78 is 29.6. The molecule has 0 aliphatic rings. The van der Waals surface area contributed by atoms with Gasteiger partial charge in [0.05, 0.1) is 5.75 Å². The molecule has 0 fully saturated rings. The summed E-state index contributed by atoms with van der Waals surface area (Å²) in [6, 6.07) is 5.65. The molecule has 5 nitrogen and oxygen atoms in total. The topological polar surface area (TPSA) is 101 Å². The zero-order chi connectivity index (χ0) is 11.5. The average Bonchev–Trinajstić information content (AvgIpc) is 2.05. The van der Waals surface area contributed by atoms with E-state index in [4.69, 9.17) is 15.4 Å². The molecule has 4 N–H and O–H groups in total. The Morgan fingerprint density at radius 1 is 1.27 bits per heavy atom. The summed E-state index contributed by atoms with van der Waals surface area (Å²) in [6.45, 7) is 0. The van der Waals surface area contributed by atoms with Crippen LogP contribution in [0.2, 0.25) is 0 Å². The van der Waals surface area contributed by atoms with Crippen LogP contribution in [0.4, 0.5) is 0 Å². The predicted octanol–water partition coefficient (Wildman–Crippen LogP) is 0.150. The first kappa shape index (κ1) is 12.0. The summed E-state index contributed by atoms with van der Waals surface area (Å²) >= 11 is 0. The molecule has 0 saturated heterocycles. The van der Waals surface area contributed by atoms with E-state index in [0.717, 1.165) is 5.56 Å². The average molecular weight is 231 g/mol. The van der Waals surface area contributed by atoms with Crippen molar-refractivity contribution < 1.29 is 18.1 Å². The van der Waals surface area contributed by atoms with Crippen molar-refractivity contribution in [3.05, 3.63) is 29.8 Å². The number of hydrogen-bond donors (Lipinski definition) is 3. The second-order valence-electron chi connectivity index (χ2n) is 3.38. The number of phenols is 1. The summed E-state index contributed by atoms with van der Waals surface area (Å²) in [7, 11) is -4.03. The lowest BCUT2D eigenvalue weighted by molar-refractivity contribution is 0.473. The van der Waals surface area contributed by atoms with E-state index < -0.39 is 21.9 Å². The normalized spacial score (nSPS) is 13.7. The van der Waals surface area contributed by atoms with Gasteiger partial charge in [0.1, 0.15) is 5.75 Å². The van der Waals surface area contributed by atoms with E-state index in [9.17, 15) is 8.42 Å². The highest BCUT2D eigenvalue weighted by atomic mass is 32.2. The predicted molar refractivity (Wildman–Crippen MR) is 56.2 cm³/mol. The van der Waals surface area contributed by atoms with E-state index in [1.807, 2.05) is 0 Å². The number of benzene rings is 1. The van der Waals surface area contributed by atoms with E-state index >= 15 is 0 Å². The van der Waals surface area contributed by atoms with Gasteiger partial charge in [-0.05, 0) is 24.1 Å². The van der Waals surface area contributed by atoms with Crippen LogP contribution >= 0.6 is 0 Å².